The lowest BCUT2D eigenvalue weighted by Gasteiger charge is -2.63. The molecule has 6 nitrogen and oxygen atoms in total. The van der Waals surface area contributed by atoms with E-state index in [1.165, 1.54) is 32.1 Å². The minimum Gasteiger partial charge on any atom is -0.253 e. The lowest BCUT2D eigenvalue weighted by molar-refractivity contribution is -0.0446. The number of hydrogen-bond acceptors (Lipinski definition) is 6. The van der Waals surface area contributed by atoms with Crippen molar-refractivity contribution in [3.8, 4) is 34.3 Å². The maximum absolute atomic E-state index is 14.4. The molecule has 3 heterocycles. The first-order chi connectivity index (χ1) is 21.0. The molecule has 0 radical (unpaired) electrons. The van der Waals surface area contributed by atoms with Crippen molar-refractivity contribution in [1.29, 1.82) is 0 Å². The standard InChI is InChI=1S/C36H30N4O2S/c41-43(42)31-12-5-4-10-28(31)36(26-17-22-16-23(19-26)20-27(36)18-22)29-14-13-25(21-32(29)43)34-38-33(24-8-2-1-3-9-24)39-35(40-34)30-11-6-7-15-37-30/h1-15,21-23,26-27H,16-20H2. The van der Waals surface area contributed by atoms with Gasteiger partial charge in [-0.25, -0.2) is 23.4 Å². The Morgan fingerprint density at radius 2 is 1.21 bits per heavy atom. The fraction of sp³-hybridized carbons (Fsp3) is 0.278. The maximum atomic E-state index is 14.4. The van der Waals surface area contributed by atoms with Crippen LogP contribution in [-0.2, 0) is 15.3 Å². The first-order valence-corrected chi connectivity index (χ1v) is 16.7. The van der Waals surface area contributed by atoms with Crippen LogP contribution in [0.2, 0.25) is 0 Å². The predicted octanol–water partition coefficient (Wildman–Crippen LogP) is 7.16. The second-order valence-corrected chi connectivity index (χ2v) is 14.7. The van der Waals surface area contributed by atoms with Gasteiger partial charge in [0, 0.05) is 22.7 Å². The van der Waals surface area contributed by atoms with Crippen LogP contribution >= 0.6 is 0 Å². The molecule has 212 valence electrons. The fourth-order valence-corrected chi connectivity index (χ4v) is 11.0. The number of pyridine rings is 1. The van der Waals surface area contributed by atoms with Gasteiger partial charge in [0.25, 0.3) is 0 Å². The van der Waals surface area contributed by atoms with E-state index in [2.05, 4.69) is 17.1 Å². The van der Waals surface area contributed by atoms with E-state index in [1.54, 1.807) is 6.20 Å². The van der Waals surface area contributed by atoms with Crippen LogP contribution in [0.3, 0.4) is 0 Å². The summed E-state index contributed by atoms with van der Waals surface area (Å²) in [5, 5.41) is 0. The van der Waals surface area contributed by atoms with E-state index in [1.807, 2.05) is 78.9 Å². The van der Waals surface area contributed by atoms with Crippen LogP contribution in [0.15, 0.2) is 107 Å². The van der Waals surface area contributed by atoms with Gasteiger partial charge in [-0.2, -0.15) is 0 Å². The molecule has 5 aromatic rings. The van der Waals surface area contributed by atoms with Gasteiger partial charge in [-0.3, -0.25) is 4.98 Å². The summed E-state index contributed by atoms with van der Waals surface area (Å²) in [6.45, 7) is 0. The van der Waals surface area contributed by atoms with Crippen LogP contribution in [0.5, 0.6) is 0 Å². The van der Waals surface area contributed by atoms with Crippen molar-refractivity contribution in [2.45, 2.75) is 47.3 Å². The third kappa shape index (κ3) is 3.61. The molecule has 4 saturated carbocycles. The van der Waals surface area contributed by atoms with Gasteiger partial charge in [0.1, 0.15) is 5.69 Å². The minimum absolute atomic E-state index is 0.267. The van der Waals surface area contributed by atoms with Crippen LogP contribution in [0, 0.1) is 23.7 Å². The zero-order chi connectivity index (χ0) is 28.8. The Morgan fingerprint density at radius 1 is 0.581 bits per heavy atom. The minimum atomic E-state index is -3.75. The highest BCUT2D eigenvalue weighted by Crippen LogP contribution is 2.68. The van der Waals surface area contributed by atoms with E-state index in [-0.39, 0.29) is 5.41 Å². The molecule has 4 aliphatic carbocycles. The summed E-state index contributed by atoms with van der Waals surface area (Å²) >= 11 is 0. The molecule has 3 aromatic carbocycles. The monoisotopic (exact) mass is 582 g/mol. The molecule has 0 amide bonds. The lowest BCUT2D eigenvalue weighted by atomic mass is 9.42. The molecule has 1 spiro atoms. The highest BCUT2D eigenvalue weighted by Gasteiger charge is 2.62. The Balaban J connectivity index is 1.27. The average Bonchev–Trinajstić information content (AvgIpc) is 3.05. The number of rotatable bonds is 3. The van der Waals surface area contributed by atoms with E-state index < -0.39 is 9.84 Å². The molecular weight excluding hydrogens is 552 g/mol. The first kappa shape index (κ1) is 25.3. The average molecular weight is 583 g/mol. The zero-order valence-electron chi connectivity index (χ0n) is 23.6. The van der Waals surface area contributed by atoms with Gasteiger partial charge in [0.15, 0.2) is 17.5 Å². The van der Waals surface area contributed by atoms with E-state index >= 15 is 0 Å². The van der Waals surface area contributed by atoms with Crippen molar-refractivity contribution < 1.29 is 8.42 Å². The van der Waals surface area contributed by atoms with Crippen LogP contribution < -0.4 is 0 Å². The predicted molar refractivity (Wildman–Crippen MR) is 164 cm³/mol. The summed E-state index contributed by atoms with van der Waals surface area (Å²) in [7, 11) is -3.75. The smallest absolute Gasteiger partial charge is 0.207 e. The van der Waals surface area contributed by atoms with Gasteiger partial charge in [0.2, 0.25) is 9.84 Å². The quantitative estimate of drug-likeness (QED) is 0.224. The first-order valence-electron chi connectivity index (χ1n) is 15.2. The SMILES string of the molecule is O=S1(=O)c2ccccc2C2(c3ccc(-c4nc(-c5ccccc5)nc(-c5ccccn5)n4)cc31)C1CC3CC(C1)CC2C3. The summed E-state index contributed by atoms with van der Waals surface area (Å²) in [6, 6.07) is 29.2. The lowest BCUT2D eigenvalue weighted by Crippen LogP contribution is -2.57. The van der Waals surface area contributed by atoms with Crippen LogP contribution in [0.4, 0.5) is 0 Å². The molecule has 5 aliphatic rings. The van der Waals surface area contributed by atoms with E-state index in [9.17, 15) is 8.42 Å². The van der Waals surface area contributed by atoms with Crippen molar-refractivity contribution in [1.82, 2.24) is 19.9 Å². The summed E-state index contributed by atoms with van der Waals surface area (Å²) in [5.74, 6) is 3.87. The molecule has 4 bridgehead atoms. The van der Waals surface area contributed by atoms with Crippen molar-refractivity contribution >= 4 is 9.84 Å². The summed E-state index contributed by atoms with van der Waals surface area (Å²) in [5.41, 5.74) is 3.89. The second kappa shape index (κ2) is 9.13. The number of nitrogens with zero attached hydrogens (tertiary/aromatic N) is 4. The molecule has 0 atom stereocenters. The van der Waals surface area contributed by atoms with Crippen molar-refractivity contribution in [2.75, 3.05) is 0 Å². The number of hydrogen-bond donors (Lipinski definition) is 0. The highest BCUT2D eigenvalue weighted by atomic mass is 32.2. The molecule has 1 aliphatic heterocycles. The third-order valence-electron chi connectivity index (χ3n) is 10.6. The van der Waals surface area contributed by atoms with Gasteiger partial charge in [-0.05, 0) is 91.2 Å². The van der Waals surface area contributed by atoms with Crippen LogP contribution in [0.25, 0.3) is 34.3 Å². The molecule has 43 heavy (non-hydrogen) atoms. The molecule has 2 aromatic heterocycles. The van der Waals surface area contributed by atoms with Crippen LogP contribution in [0.1, 0.15) is 43.2 Å². The molecule has 0 N–H and O–H groups in total. The third-order valence-corrected chi connectivity index (χ3v) is 12.4. The molecule has 7 heteroatoms. The Bertz CT molecular complexity index is 1920. The summed E-state index contributed by atoms with van der Waals surface area (Å²) in [4.78, 5) is 19.8. The number of sulfone groups is 1. The topological polar surface area (TPSA) is 85.7 Å². The Morgan fingerprint density at radius 3 is 1.93 bits per heavy atom. The number of fused-ring (bicyclic) bond motifs is 2. The second-order valence-electron chi connectivity index (χ2n) is 12.8. The van der Waals surface area contributed by atoms with Gasteiger partial charge in [-0.15, -0.1) is 0 Å². The zero-order valence-corrected chi connectivity index (χ0v) is 24.4. The van der Waals surface area contributed by atoms with Gasteiger partial charge < -0.3 is 0 Å². The molecule has 4 fully saturated rings. The maximum Gasteiger partial charge on any atom is 0.207 e. The fourth-order valence-electron chi connectivity index (χ4n) is 9.17. The van der Waals surface area contributed by atoms with Gasteiger partial charge in [-0.1, -0.05) is 66.7 Å². The Hall–Kier alpha value is -4.23. The van der Waals surface area contributed by atoms with E-state index in [0.29, 0.717) is 50.4 Å². The Labute approximate surface area is 251 Å². The molecule has 10 rings (SSSR count). The number of aromatic nitrogens is 4. The highest BCUT2D eigenvalue weighted by molar-refractivity contribution is 7.91. The summed E-state index contributed by atoms with van der Waals surface area (Å²) in [6.07, 6.45) is 7.80. The molecular formula is C36H30N4O2S. The normalized spacial score (nSPS) is 27.5. The van der Waals surface area contributed by atoms with E-state index in [0.717, 1.165) is 28.5 Å². The number of benzene rings is 3. The Kier molecular flexibility index (Phi) is 5.37. The summed E-state index contributed by atoms with van der Waals surface area (Å²) < 4.78 is 28.8. The van der Waals surface area contributed by atoms with Crippen molar-refractivity contribution in [2.24, 2.45) is 23.7 Å². The molecule has 0 unspecified atom stereocenters. The largest absolute Gasteiger partial charge is 0.253 e. The van der Waals surface area contributed by atoms with Gasteiger partial charge in [0.05, 0.1) is 9.79 Å². The van der Waals surface area contributed by atoms with Crippen molar-refractivity contribution in [3.63, 3.8) is 0 Å². The van der Waals surface area contributed by atoms with Crippen molar-refractivity contribution in [3.05, 3.63) is 108 Å². The van der Waals surface area contributed by atoms with Crippen LogP contribution in [-0.4, -0.2) is 28.4 Å². The van der Waals surface area contributed by atoms with Gasteiger partial charge >= 0.3 is 0 Å². The molecule has 0 saturated heterocycles. The van der Waals surface area contributed by atoms with E-state index in [4.69, 9.17) is 15.0 Å².